The highest BCUT2D eigenvalue weighted by molar-refractivity contribution is 5.54. The number of piperidine rings is 1. The second-order valence-electron chi connectivity index (χ2n) is 5.81. The summed E-state index contributed by atoms with van der Waals surface area (Å²) >= 11 is 0. The average Bonchev–Trinajstić information content (AvgIpc) is 3.27. The maximum atomic E-state index is 5.17. The highest BCUT2D eigenvalue weighted by atomic mass is 16.5. The van der Waals surface area contributed by atoms with E-state index in [1.165, 1.54) is 0 Å². The van der Waals surface area contributed by atoms with Gasteiger partial charge in [-0.05, 0) is 31.9 Å². The summed E-state index contributed by atoms with van der Waals surface area (Å²) in [5.41, 5.74) is 0.842. The molecule has 1 aliphatic rings. The molecule has 4 rings (SSSR count). The van der Waals surface area contributed by atoms with Crippen molar-refractivity contribution in [2.24, 2.45) is 0 Å². The van der Waals surface area contributed by atoms with Gasteiger partial charge in [0.15, 0.2) is 5.82 Å². The lowest BCUT2D eigenvalue weighted by atomic mass is 9.97. The summed E-state index contributed by atoms with van der Waals surface area (Å²) in [6.45, 7) is 3.75. The first kappa shape index (κ1) is 13.9. The molecule has 0 aliphatic carbocycles. The van der Waals surface area contributed by atoms with Crippen LogP contribution in [-0.4, -0.2) is 38.2 Å². The van der Waals surface area contributed by atoms with Gasteiger partial charge in [-0.25, -0.2) is 9.97 Å². The van der Waals surface area contributed by atoms with Crippen LogP contribution in [0, 0.1) is 6.92 Å². The van der Waals surface area contributed by atoms with Gasteiger partial charge in [-0.15, -0.1) is 0 Å². The normalized spacial score (nSPS) is 18.3. The first-order chi connectivity index (χ1) is 11.3. The monoisotopic (exact) mass is 310 g/mol. The van der Waals surface area contributed by atoms with Crippen LogP contribution in [0.25, 0.3) is 11.5 Å². The molecule has 0 radical (unpaired) electrons. The number of imidazole rings is 1. The van der Waals surface area contributed by atoms with Gasteiger partial charge in [0.25, 0.3) is 5.89 Å². The van der Waals surface area contributed by atoms with E-state index >= 15 is 0 Å². The fourth-order valence-electron chi connectivity index (χ4n) is 3.02. The van der Waals surface area contributed by atoms with Crippen molar-refractivity contribution >= 4 is 5.82 Å². The van der Waals surface area contributed by atoms with Gasteiger partial charge in [0.05, 0.1) is 5.56 Å². The van der Waals surface area contributed by atoms with Crippen molar-refractivity contribution in [2.45, 2.75) is 25.7 Å². The zero-order valence-electron chi connectivity index (χ0n) is 12.9. The van der Waals surface area contributed by atoms with Crippen molar-refractivity contribution in [3.8, 4) is 11.5 Å². The fraction of sp³-hybridized carbons (Fsp3) is 0.375. The molecule has 3 aromatic rings. The molecule has 0 spiro atoms. The molecular formula is C16H18N6O. The van der Waals surface area contributed by atoms with Gasteiger partial charge in [0.2, 0.25) is 0 Å². The standard InChI is InChI=1S/C16H18N6O/c1-11-20-16(23-21-11)12-4-5-14(19-9-12)22-8-2-3-13(10-22)15-17-6-7-18-15/h4-7,9,13H,2-3,8,10H2,1H3,(H,17,18). The summed E-state index contributed by atoms with van der Waals surface area (Å²) in [6, 6.07) is 3.99. The summed E-state index contributed by atoms with van der Waals surface area (Å²) in [4.78, 5) is 18.7. The Balaban J connectivity index is 1.51. The summed E-state index contributed by atoms with van der Waals surface area (Å²) in [5, 5.41) is 3.81. The Morgan fingerprint density at radius 3 is 2.96 bits per heavy atom. The Morgan fingerprint density at radius 1 is 1.30 bits per heavy atom. The molecule has 118 valence electrons. The van der Waals surface area contributed by atoms with E-state index in [2.05, 4.69) is 30.0 Å². The van der Waals surface area contributed by atoms with Gasteiger partial charge in [-0.3, -0.25) is 0 Å². The fourth-order valence-corrected chi connectivity index (χ4v) is 3.02. The van der Waals surface area contributed by atoms with Crippen LogP contribution in [0.2, 0.25) is 0 Å². The van der Waals surface area contributed by atoms with Crippen molar-refractivity contribution in [3.63, 3.8) is 0 Å². The molecule has 1 N–H and O–H groups in total. The molecule has 0 saturated carbocycles. The summed E-state index contributed by atoms with van der Waals surface area (Å²) in [6.07, 6.45) is 7.78. The van der Waals surface area contributed by atoms with Crippen LogP contribution >= 0.6 is 0 Å². The number of rotatable bonds is 3. The molecule has 7 heteroatoms. The molecule has 23 heavy (non-hydrogen) atoms. The smallest absolute Gasteiger partial charge is 0.259 e. The Hall–Kier alpha value is -2.70. The number of hydrogen-bond donors (Lipinski definition) is 1. The van der Waals surface area contributed by atoms with Crippen LogP contribution in [0.15, 0.2) is 35.2 Å². The molecule has 1 unspecified atom stereocenters. The lowest BCUT2D eigenvalue weighted by Gasteiger charge is -2.32. The minimum absolute atomic E-state index is 0.429. The van der Waals surface area contributed by atoms with Crippen LogP contribution in [0.1, 0.15) is 30.4 Å². The van der Waals surface area contributed by atoms with Gasteiger partial charge in [-0.1, -0.05) is 5.16 Å². The largest absolute Gasteiger partial charge is 0.356 e. The van der Waals surface area contributed by atoms with Crippen molar-refractivity contribution < 1.29 is 4.52 Å². The third kappa shape index (κ3) is 2.81. The highest BCUT2D eigenvalue weighted by Gasteiger charge is 2.23. The highest BCUT2D eigenvalue weighted by Crippen LogP contribution is 2.28. The van der Waals surface area contributed by atoms with E-state index in [4.69, 9.17) is 4.52 Å². The number of H-pyrrole nitrogens is 1. The zero-order valence-corrected chi connectivity index (χ0v) is 12.9. The first-order valence-electron chi connectivity index (χ1n) is 7.80. The maximum Gasteiger partial charge on any atom is 0.259 e. The van der Waals surface area contributed by atoms with E-state index in [-0.39, 0.29) is 0 Å². The van der Waals surface area contributed by atoms with E-state index in [1.54, 1.807) is 13.1 Å². The van der Waals surface area contributed by atoms with Gasteiger partial charge < -0.3 is 14.4 Å². The lowest BCUT2D eigenvalue weighted by molar-refractivity contribution is 0.425. The minimum atomic E-state index is 0.429. The minimum Gasteiger partial charge on any atom is -0.356 e. The first-order valence-corrected chi connectivity index (χ1v) is 7.80. The van der Waals surface area contributed by atoms with E-state index in [0.717, 1.165) is 43.1 Å². The van der Waals surface area contributed by atoms with Gasteiger partial charge in [0.1, 0.15) is 11.6 Å². The van der Waals surface area contributed by atoms with Crippen molar-refractivity contribution in [2.75, 3.05) is 18.0 Å². The van der Waals surface area contributed by atoms with Crippen LogP contribution in [0.5, 0.6) is 0 Å². The maximum absolute atomic E-state index is 5.17. The number of aromatic amines is 1. The van der Waals surface area contributed by atoms with Crippen LogP contribution < -0.4 is 4.90 Å². The third-order valence-electron chi connectivity index (χ3n) is 4.17. The van der Waals surface area contributed by atoms with Crippen molar-refractivity contribution in [1.29, 1.82) is 0 Å². The molecule has 3 aromatic heterocycles. The number of anilines is 1. The van der Waals surface area contributed by atoms with Crippen LogP contribution in [0.4, 0.5) is 5.82 Å². The second-order valence-corrected chi connectivity index (χ2v) is 5.81. The van der Waals surface area contributed by atoms with E-state index in [1.807, 2.05) is 24.5 Å². The summed E-state index contributed by atoms with van der Waals surface area (Å²) in [7, 11) is 0. The molecule has 1 aliphatic heterocycles. The van der Waals surface area contributed by atoms with Gasteiger partial charge >= 0.3 is 0 Å². The Morgan fingerprint density at radius 2 is 2.26 bits per heavy atom. The van der Waals surface area contributed by atoms with Crippen molar-refractivity contribution in [1.82, 2.24) is 25.1 Å². The molecule has 0 amide bonds. The topological polar surface area (TPSA) is 83.7 Å². The molecule has 7 nitrogen and oxygen atoms in total. The molecule has 0 aromatic carbocycles. The van der Waals surface area contributed by atoms with Crippen LogP contribution in [0.3, 0.4) is 0 Å². The van der Waals surface area contributed by atoms with E-state index in [9.17, 15) is 0 Å². The molecule has 1 fully saturated rings. The number of aryl methyl sites for hydroxylation is 1. The average molecular weight is 310 g/mol. The molecule has 0 bridgehead atoms. The third-order valence-corrected chi connectivity index (χ3v) is 4.17. The Kier molecular flexibility index (Phi) is 3.53. The lowest BCUT2D eigenvalue weighted by Crippen LogP contribution is -2.35. The molecule has 1 atom stereocenters. The predicted octanol–water partition coefficient (Wildman–Crippen LogP) is 2.55. The number of aromatic nitrogens is 5. The quantitative estimate of drug-likeness (QED) is 0.800. The second kappa shape index (κ2) is 5.83. The summed E-state index contributed by atoms with van der Waals surface area (Å²) < 4.78 is 5.17. The van der Waals surface area contributed by atoms with E-state index < -0.39 is 0 Å². The number of nitrogens with zero attached hydrogens (tertiary/aromatic N) is 5. The Bertz CT molecular complexity index is 764. The number of hydrogen-bond acceptors (Lipinski definition) is 6. The van der Waals surface area contributed by atoms with Crippen LogP contribution in [-0.2, 0) is 0 Å². The molecule has 1 saturated heterocycles. The number of nitrogens with one attached hydrogen (secondary N) is 1. The van der Waals surface area contributed by atoms with Crippen molar-refractivity contribution in [3.05, 3.63) is 42.4 Å². The summed E-state index contributed by atoms with van der Waals surface area (Å²) in [5.74, 6) is 3.60. The zero-order chi connectivity index (χ0) is 15.6. The number of pyridine rings is 1. The molecular weight excluding hydrogens is 292 g/mol. The molecule has 4 heterocycles. The predicted molar refractivity (Wildman–Crippen MR) is 85.0 cm³/mol. The Labute approximate surface area is 133 Å². The van der Waals surface area contributed by atoms with Gasteiger partial charge in [0, 0.05) is 37.6 Å². The SMILES string of the molecule is Cc1noc(-c2ccc(N3CCCC(c4ncc[nH]4)C3)nc2)n1. The van der Waals surface area contributed by atoms with Gasteiger partial charge in [-0.2, -0.15) is 4.98 Å². The van der Waals surface area contributed by atoms with E-state index in [0.29, 0.717) is 17.6 Å².